The van der Waals surface area contributed by atoms with Gasteiger partial charge in [0.1, 0.15) is 5.82 Å². The largest absolute Gasteiger partial charge is 0.397 e. The van der Waals surface area contributed by atoms with Crippen LogP contribution in [-0.2, 0) is 11.8 Å². The van der Waals surface area contributed by atoms with Crippen LogP contribution in [0.4, 0.5) is 21.6 Å². The summed E-state index contributed by atoms with van der Waals surface area (Å²) in [6, 6.07) is 3.40. The molecule has 1 aliphatic rings. The maximum Gasteiger partial charge on any atom is 0.229 e. The summed E-state index contributed by atoms with van der Waals surface area (Å²) in [4.78, 5) is 21.5. The summed E-state index contributed by atoms with van der Waals surface area (Å²) in [7, 11) is 1.87. The van der Waals surface area contributed by atoms with Crippen LogP contribution in [0.5, 0.6) is 0 Å². The smallest absolute Gasteiger partial charge is 0.229 e. The summed E-state index contributed by atoms with van der Waals surface area (Å²) in [6.07, 6.45) is 9.26. The van der Waals surface area contributed by atoms with Gasteiger partial charge in [0.05, 0.1) is 23.8 Å². The van der Waals surface area contributed by atoms with Crippen LogP contribution in [0.3, 0.4) is 0 Å². The van der Waals surface area contributed by atoms with Gasteiger partial charge in [0.2, 0.25) is 5.91 Å². The number of carbonyl (C=O) groups is 1. The van der Waals surface area contributed by atoms with Gasteiger partial charge in [0.25, 0.3) is 0 Å². The van der Waals surface area contributed by atoms with Crippen molar-refractivity contribution in [3.63, 3.8) is 0 Å². The van der Waals surface area contributed by atoms with E-state index in [1.165, 1.54) is 12.4 Å². The summed E-state index contributed by atoms with van der Waals surface area (Å²) in [5, 5.41) is 8.30. The maximum atomic E-state index is 15.1. The number of amides is 1. The van der Waals surface area contributed by atoms with Crippen molar-refractivity contribution in [1.82, 2.24) is 19.7 Å². The minimum Gasteiger partial charge on any atom is -0.397 e. The van der Waals surface area contributed by atoms with Gasteiger partial charge in [-0.15, -0.1) is 0 Å². The number of nitrogen functional groups attached to an aromatic ring is 2. The number of hydrogen-bond acceptors (Lipinski definition) is 6. The predicted molar refractivity (Wildman–Crippen MR) is 130 cm³/mol. The number of fused-ring (bicyclic) bond motifs is 1. The van der Waals surface area contributed by atoms with E-state index >= 15 is 4.39 Å². The van der Waals surface area contributed by atoms with Gasteiger partial charge in [-0.25, -0.2) is 9.37 Å². The molecule has 3 unspecified atom stereocenters. The van der Waals surface area contributed by atoms with Crippen molar-refractivity contribution in [2.75, 3.05) is 16.8 Å². The zero-order valence-electron chi connectivity index (χ0n) is 19.2. The Morgan fingerprint density at radius 3 is 2.68 bits per heavy atom. The van der Waals surface area contributed by atoms with E-state index in [0.717, 1.165) is 17.5 Å². The number of carbonyl (C=O) groups excluding carboxylic acids is 1. The molecule has 3 heterocycles. The Hall–Kier alpha value is -4.01. The summed E-state index contributed by atoms with van der Waals surface area (Å²) in [6.45, 7) is 3.89. The number of anilines is 3. The lowest BCUT2D eigenvalue weighted by Crippen LogP contribution is -2.16. The monoisotopic (exact) mass is 459 g/mol. The fraction of sp³-hybridized carbons (Fsp3) is 0.280. The summed E-state index contributed by atoms with van der Waals surface area (Å²) < 4.78 is 16.9. The topological polar surface area (TPSA) is 125 Å². The van der Waals surface area contributed by atoms with E-state index in [4.69, 9.17) is 11.5 Å². The lowest BCUT2D eigenvalue weighted by atomic mass is 9.97. The number of nitrogens with two attached hydrogens (primary N) is 2. The van der Waals surface area contributed by atoms with Crippen molar-refractivity contribution < 1.29 is 9.18 Å². The van der Waals surface area contributed by atoms with Gasteiger partial charge in [-0.1, -0.05) is 13.3 Å². The van der Waals surface area contributed by atoms with Gasteiger partial charge in [-0.05, 0) is 41.5 Å². The third-order valence-corrected chi connectivity index (χ3v) is 6.85. The first kappa shape index (κ1) is 21.8. The molecule has 0 bridgehead atoms. The average Bonchev–Trinajstić information content (AvgIpc) is 3.41. The third kappa shape index (κ3) is 3.53. The molecule has 0 aliphatic heterocycles. The lowest BCUT2D eigenvalue weighted by Gasteiger charge is -2.13. The first-order chi connectivity index (χ1) is 16.3. The summed E-state index contributed by atoms with van der Waals surface area (Å²) in [5.74, 6) is 0.0306. The normalized spacial score (nSPS) is 19.4. The molecule has 34 heavy (non-hydrogen) atoms. The SMILES string of the molecule is CCC1C(C(=O)Nc2cc3cc(-c4cncc(N)c4C)c(F)c(N)c3cn2)C1c1cnn(C)c1. The van der Waals surface area contributed by atoms with E-state index in [-0.39, 0.29) is 29.3 Å². The molecular formula is C25H26FN7O. The van der Waals surface area contributed by atoms with Gasteiger partial charge in [0.15, 0.2) is 5.82 Å². The number of nitrogens with zero attached hydrogens (tertiary/aromatic N) is 4. The van der Waals surface area contributed by atoms with Crippen LogP contribution in [-0.4, -0.2) is 25.7 Å². The van der Waals surface area contributed by atoms with Crippen molar-refractivity contribution >= 4 is 33.9 Å². The first-order valence-electron chi connectivity index (χ1n) is 11.2. The van der Waals surface area contributed by atoms with Gasteiger partial charge in [0, 0.05) is 54.0 Å². The Morgan fingerprint density at radius 2 is 1.97 bits per heavy atom. The maximum absolute atomic E-state index is 15.1. The second kappa shape index (κ2) is 8.09. The number of aromatic nitrogens is 4. The van der Waals surface area contributed by atoms with Crippen molar-refractivity contribution in [1.29, 1.82) is 0 Å². The van der Waals surface area contributed by atoms with E-state index in [0.29, 0.717) is 33.4 Å². The zero-order valence-corrected chi connectivity index (χ0v) is 19.2. The van der Waals surface area contributed by atoms with Crippen molar-refractivity contribution in [3.05, 3.63) is 60.1 Å². The van der Waals surface area contributed by atoms with E-state index in [1.807, 2.05) is 26.4 Å². The van der Waals surface area contributed by atoms with Crippen LogP contribution >= 0.6 is 0 Å². The highest BCUT2D eigenvalue weighted by atomic mass is 19.1. The number of pyridine rings is 2. The Balaban J connectivity index is 1.46. The second-order valence-electron chi connectivity index (χ2n) is 8.90. The molecular weight excluding hydrogens is 433 g/mol. The van der Waals surface area contributed by atoms with Gasteiger partial charge >= 0.3 is 0 Å². The van der Waals surface area contributed by atoms with Crippen LogP contribution in [0, 0.1) is 24.6 Å². The van der Waals surface area contributed by atoms with Crippen molar-refractivity contribution in [2.24, 2.45) is 18.9 Å². The molecule has 3 atom stereocenters. The standard InChI is InChI=1S/C25H26FN7O/c1-4-15-21(14-7-31-33(3)11-14)22(15)25(34)32-20-6-13-5-16(17-8-29-10-19(27)12(17)2)23(26)24(28)18(13)9-30-20/h5-11,15,21-22H,4,27-28H2,1-3H3,(H,30,32,34). The van der Waals surface area contributed by atoms with Crippen LogP contribution in [0.25, 0.3) is 21.9 Å². The highest BCUT2D eigenvalue weighted by Crippen LogP contribution is 2.56. The molecule has 9 heteroatoms. The van der Waals surface area contributed by atoms with E-state index in [9.17, 15) is 4.79 Å². The Morgan fingerprint density at radius 1 is 1.18 bits per heavy atom. The van der Waals surface area contributed by atoms with Gasteiger partial charge in [-0.2, -0.15) is 5.10 Å². The molecule has 3 aromatic heterocycles. The minimum atomic E-state index is -0.551. The first-order valence-corrected chi connectivity index (χ1v) is 11.2. The molecule has 1 aromatic carbocycles. The molecule has 1 fully saturated rings. The molecule has 1 amide bonds. The van der Waals surface area contributed by atoms with Crippen LogP contribution in [0.1, 0.15) is 30.4 Å². The molecule has 5 rings (SSSR count). The van der Waals surface area contributed by atoms with Gasteiger partial charge < -0.3 is 16.8 Å². The Labute approximate surface area is 196 Å². The highest BCUT2D eigenvalue weighted by Gasteiger charge is 2.54. The predicted octanol–water partition coefficient (Wildman–Crippen LogP) is 4.02. The number of benzene rings is 1. The number of rotatable bonds is 5. The average molecular weight is 460 g/mol. The van der Waals surface area contributed by atoms with Crippen LogP contribution in [0.2, 0.25) is 0 Å². The number of hydrogen-bond donors (Lipinski definition) is 3. The molecule has 174 valence electrons. The van der Waals surface area contributed by atoms with E-state index < -0.39 is 5.82 Å². The number of nitrogens with one attached hydrogen (secondary N) is 1. The summed E-state index contributed by atoms with van der Waals surface area (Å²) >= 11 is 0. The molecule has 5 N–H and O–H groups in total. The number of aryl methyl sites for hydroxylation is 1. The second-order valence-corrected chi connectivity index (χ2v) is 8.90. The Bertz CT molecular complexity index is 1430. The highest BCUT2D eigenvalue weighted by molar-refractivity contribution is 6.01. The number of halogens is 1. The molecule has 0 radical (unpaired) electrons. The zero-order chi connectivity index (χ0) is 24.1. The molecule has 0 saturated heterocycles. The molecule has 4 aromatic rings. The summed E-state index contributed by atoms with van der Waals surface area (Å²) in [5.41, 5.74) is 15.2. The molecule has 1 aliphatic carbocycles. The van der Waals surface area contributed by atoms with Crippen molar-refractivity contribution in [3.8, 4) is 11.1 Å². The fourth-order valence-corrected chi connectivity index (χ4v) is 4.89. The molecule has 1 saturated carbocycles. The van der Waals surface area contributed by atoms with Gasteiger partial charge in [-0.3, -0.25) is 14.5 Å². The molecule has 8 nitrogen and oxygen atoms in total. The minimum absolute atomic E-state index is 0.00965. The lowest BCUT2D eigenvalue weighted by molar-refractivity contribution is -0.117. The van der Waals surface area contributed by atoms with Crippen LogP contribution < -0.4 is 16.8 Å². The van der Waals surface area contributed by atoms with Crippen molar-refractivity contribution in [2.45, 2.75) is 26.2 Å². The fourth-order valence-electron chi connectivity index (χ4n) is 4.89. The quantitative estimate of drug-likeness (QED) is 0.387. The van der Waals surface area contributed by atoms with E-state index in [2.05, 4.69) is 27.3 Å². The molecule has 0 spiro atoms. The van der Waals surface area contributed by atoms with E-state index in [1.54, 1.807) is 23.0 Å². The van der Waals surface area contributed by atoms with Crippen LogP contribution in [0.15, 0.2) is 43.1 Å². The third-order valence-electron chi connectivity index (χ3n) is 6.85. The Kier molecular flexibility index (Phi) is 5.19.